The first-order valence-corrected chi connectivity index (χ1v) is 8.91. The van der Waals surface area contributed by atoms with Gasteiger partial charge in [-0.2, -0.15) is 0 Å². The molecule has 0 aromatic carbocycles. The molecule has 3 rings (SSSR count). The largest absolute Gasteiger partial charge is 0.376 e. The Labute approximate surface area is 132 Å². The molecule has 124 valence electrons. The second kappa shape index (κ2) is 6.99. The first-order valence-electron chi connectivity index (χ1n) is 8.91. The zero-order valence-electron chi connectivity index (χ0n) is 13.4. The Kier molecular flexibility index (Phi) is 5.01. The number of carbonyl (C=O) groups is 2. The highest BCUT2D eigenvalue weighted by Gasteiger charge is 2.56. The molecule has 1 atom stereocenters. The van der Waals surface area contributed by atoms with Crippen molar-refractivity contribution in [2.75, 3.05) is 13.2 Å². The summed E-state index contributed by atoms with van der Waals surface area (Å²) in [6.45, 7) is 1.32. The maximum atomic E-state index is 12.5. The lowest BCUT2D eigenvalue weighted by Crippen LogP contribution is -2.47. The average Bonchev–Trinajstić information content (AvgIpc) is 3.24. The van der Waals surface area contributed by atoms with Crippen LogP contribution in [0.25, 0.3) is 0 Å². The molecule has 5 heteroatoms. The Hall–Kier alpha value is -1.10. The summed E-state index contributed by atoms with van der Waals surface area (Å²) in [5.41, 5.74) is -0.787. The van der Waals surface area contributed by atoms with Crippen LogP contribution in [-0.4, -0.2) is 37.1 Å². The molecular weight excluding hydrogens is 280 g/mol. The number of amides is 2. The standard InChI is InChI=1S/C17H28N2O3/c20-15(18-12-14-8-5-11-22-14)17(9-10-17)16(21)19-13-6-3-1-2-4-7-13/h13-14H,1-12H2,(H,18,20)(H,19,21). The molecule has 1 heterocycles. The van der Waals surface area contributed by atoms with E-state index in [1.165, 1.54) is 25.7 Å². The van der Waals surface area contributed by atoms with Crippen LogP contribution < -0.4 is 10.6 Å². The zero-order chi connectivity index (χ0) is 15.4. The van der Waals surface area contributed by atoms with Gasteiger partial charge in [0.1, 0.15) is 5.41 Å². The predicted octanol–water partition coefficient (Wildman–Crippen LogP) is 1.90. The lowest BCUT2D eigenvalue weighted by molar-refractivity contribution is -0.137. The van der Waals surface area contributed by atoms with Gasteiger partial charge >= 0.3 is 0 Å². The van der Waals surface area contributed by atoms with Gasteiger partial charge in [-0.25, -0.2) is 0 Å². The van der Waals surface area contributed by atoms with Crippen LogP contribution in [0, 0.1) is 5.41 Å². The number of nitrogens with one attached hydrogen (secondary N) is 2. The Morgan fingerprint density at radius 1 is 0.955 bits per heavy atom. The molecule has 0 bridgehead atoms. The summed E-state index contributed by atoms with van der Waals surface area (Å²) >= 11 is 0. The molecule has 1 unspecified atom stereocenters. The van der Waals surface area contributed by atoms with Crippen molar-refractivity contribution in [3.8, 4) is 0 Å². The highest BCUT2D eigenvalue weighted by atomic mass is 16.5. The number of rotatable bonds is 5. The number of carbonyl (C=O) groups excluding carboxylic acids is 2. The Balaban J connectivity index is 1.48. The number of hydrogen-bond acceptors (Lipinski definition) is 3. The van der Waals surface area contributed by atoms with Crippen molar-refractivity contribution in [2.45, 2.75) is 76.4 Å². The van der Waals surface area contributed by atoms with Gasteiger partial charge in [0.05, 0.1) is 6.10 Å². The Morgan fingerprint density at radius 2 is 1.68 bits per heavy atom. The van der Waals surface area contributed by atoms with E-state index < -0.39 is 5.41 Å². The summed E-state index contributed by atoms with van der Waals surface area (Å²) in [5.74, 6) is -0.154. The monoisotopic (exact) mass is 308 g/mol. The van der Waals surface area contributed by atoms with Crippen molar-refractivity contribution >= 4 is 11.8 Å². The normalized spacial score (nSPS) is 27.9. The van der Waals surface area contributed by atoms with Gasteiger partial charge < -0.3 is 15.4 Å². The summed E-state index contributed by atoms with van der Waals surface area (Å²) in [6, 6.07) is 0.262. The van der Waals surface area contributed by atoms with Gasteiger partial charge in [-0.05, 0) is 38.5 Å². The molecule has 5 nitrogen and oxygen atoms in total. The minimum Gasteiger partial charge on any atom is -0.376 e. The lowest BCUT2D eigenvalue weighted by Gasteiger charge is -2.21. The van der Waals surface area contributed by atoms with Crippen LogP contribution in [0.2, 0.25) is 0 Å². The van der Waals surface area contributed by atoms with Crippen molar-refractivity contribution in [3.05, 3.63) is 0 Å². The van der Waals surface area contributed by atoms with Crippen molar-refractivity contribution in [3.63, 3.8) is 0 Å². The summed E-state index contributed by atoms with van der Waals surface area (Å²) in [5, 5.41) is 6.07. The second-order valence-corrected chi connectivity index (χ2v) is 7.09. The number of hydrogen-bond donors (Lipinski definition) is 2. The SMILES string of the molecule is O=C(NCC1CCCO1)C1(C(=O)NC2CCCCCC2)CC1. The molecule has 0 aromatic heterocycles. The first-order chi connectivity index (χ1) is 10.7. The van der Waals surface area contributed by atoms with Crippen LogP contribution in [0.4, 0.5) is 0 Å². The van der Waals surface area contributed by atoms with E-state index in [1.807, 2.05) is 0 Å². The molecule has 3 aliphatic rings. The molecule has 3 fully saturated rings. The molecule has 22 heavy (non-hydrogen) atoms. The predicted molar refractivity (Wildman–Crippen MR) is 83.3 cm³/mol. The molecule has 0 spiro atoms. The van der Waals surface area contributed by atoms with Gasteiger partial charge in [-0.15, -0.1) is 0 Å². The average molecular weight is 308 g/mol. The topological polar surface area (TPSA) is 67.4 Å². The molecular formula is C17H28N2O3. The van der Waals surface area contributed by atoms with Crippen LogP contribution in [0.15, 0.2) is 0 Å². The van der Waals surface area contributed by atoms with E-state index in [2.05, 4.69) is 10.6 Å². The lowest BCUT2D eigenvalue weighted by atomic mass is 10.0. The minimum atomic E-state index is -0.787. The van der Waals surface area contributed by atoms with E-state index in [1.54, 1.807) is 0 Å². The second-order valence-electron chi connectivity index (χ2n) is 7.09. The van der Waals surface area contributed by atoms with Crippen LogP contribution in [0.3, 0.4) is 0 Å². The van der Waals surface area contributed by atoms with E-state index in [9.17, 15) is 9.59 Å². The zero-order valence-corrected chi connectivity index (χ0v) is 13.4. The van der Waals surface area contributed by atoms with E-state index in [0.717, 1.165) is 32.3 Å². The third kappa shape index (κ3) is 3.62. The first kappa shape index (κ1) is 15.8. The van der Waals surface area contributed by atoms with Crippen molar-refractivity contribution in [2.24, 2.45) is 5.41 Å². The fraction of sp³-hybridized carbons (Fsp3) is 0.882. The van der Waals surface area contributed by atoms with Gasteiger partial charge in [0, 0.05) is 19.2 Å². The highest BCUT2D eigenvalue weighted by molar-refractivity contribution is 6.07. The fourth-order valence-corrected chi connectivity index (χ4v) is 3.61. The van der Waals surface area contributed by atoms with Gasteiger partial charge in [0.15, 0.2) is 0 Å². The van der Waals surface area contributed by atoms with Crippen molar-refractivity contribution < 1.29 is 14.3 Å². The quantitative estimate of drug-likeness (QED) is 0.602. The summed E-state index contributed by atoms with van der Waals surface area (Å²) in [7, 11) is 0. The van der Waals surface area contributed by atoms with Gasteiger partial charge in [-0.1, -0.05) is 25.7 Å². The van der Waals surface area contributed by atoms with Crippen molar-refractivity contribution in [1.82, 2.24) is 10.6 Å². The maximum absolute atomic E-state index is 12.5. The van der Waals surface area contributed by atoms with Gasteiger partial charge in [-0.3, -0.25) is 9.59 Å². The molecule has 2 amide bonds. The van der Waals surface area contributed by atoms with E-state index in [0.29, 0.717) is 19.4 Å². The van der Waals surface area contributed by atoms with Gasteiger partial charge in [0.25, 0.3) is 0 Å². The summed E-state index contributed by atoms with van der Waals surface area (Å²) in [4.78, 5) is 24.9. The van der Waals surface area contributed by atoms with Crippen molar-refractivity contribution in [1.29, 1.82) is 0 Å². The van der Waals surface area contributed by atoms with Crippen LogP contribution >= 0.6 is 0 Å². The molecule has 1 saturated heterocycles. The summed E-state index contributed by atoms with van der Waals surface area (Å²) in [6.07, 6.45) is 10.6. The minimum absolute atomic E-state index is 0.0516. The highest BCUT2D eigenvalue weighted by Crippen LogP contribution is 2.46. The molecule has 2 N–H and O–H groups in total. The van der Waals surface area contributed by atoms with Crippen LogP contribution in [0.5, 0.6) is 0 Å². The van der Waals surface area contributed by atoms with Crippen LogP contribution in [-0.2, 0) is 14.3 Å². The number of ether oxygens (including phenoxy) is 1. The van der Waals surface area contributed by atoms with E-state index in [-0.39, 0.29) is 24.0 Å². The smallest absolute Gasteiger partial charge is 0.235 e. The third-order valence-electron chi connectivity index (χ3n) is 5.32. The molecule has 2 aliphatic carbocycles. The van der Waals surface area contributed by atoms with Gasteiger partial charge in [0.2, 0.25) is 11.8 Å². The molecule has 2 saturated carbocycles. The molecule has 0 aromatic rings. The summed E-state index contributed by atoms with van der Waals surface area (Å²) < 4.78 is 5.52. The Morgan fingerprint density at radius 3 is 2.27 bits per heavy atom. The van der Waals surface area contributed by atoms with E-state index in [4.69, 9.17) is 4.74 Å². The van der Waals surface area contributed by atoms with Crippen LogP contribution in [0.1, 0.15) is 64.2 Å². The fourth-order valence-electron chi connectivity index (χ4n) is 3.61. The van der Waals surface area contributed by atoms with E-state index >= 15 is 0 Å². The molecule has 1 aliphatic heterocycles. The third-order valence-corrected chi connectivity index (χ3v) is 5.32. The Bertz CT molecular complexity index is 406. The molecule has 0 radical (unpaired) electrons. The maximum Gasteiger partial charge on any atom is 0.235 e.